The minimum Gasteiger partial charge on any atom is -0.378 e. The van der Waals surface area contributed by atoms with Crippen LogP contribution in [0.4, 0.5) is 14.5 Å². The molecule has 1 aromatic carbocycles. The highest BCUT2D eigenvalue weighted by atomic mass is 79.9. The van der Waals surface area contributed by atoms with E-state index in [-0.39, 0.29) is 10.9 Å². The number of rotatable bonds is 4. The number of carbonyl (C=O) groups excluding carboxylic acids is 1. The number of benzene rings is 1. The SMILES string of the molecule is COC1(CC(=O)Nc2c(F)cc(Br)cc2F)CCC1. The van der Waals surface area contributed by atoms with E-state index in [0.717, 1.165) is 31.4 Å². The van der Waals surface area contributed by atoms with E-state index in [0.29, 0.717) is 0 Å². The highest BCUT2D eigenvalue weighted by Crippen LogP contribution is 2.38. The Bertz CT molecular complexity index is 475. The molecule has 0 heterocycles. The van der Waals surface area contributed by atoms with Crippen LogP contribution in [0.25, 0.3) is 0 Å². The van der Waals surface area contributed by atoms with Gasteiger partial charge in [0.05, 0.1) is 12.0 Å². The molecular weight excluding hydrogens is 320 g/mol. The van der Waals surface area contributed by atoms with E-state index in [2.05, 4.69) is 21.2 Å². The molecule has 0 spiro atoms. The van der Waals surface area contributed by atoms with Gasteiger partial charge < -0.3 is 10.1 Å². The molecule has 0 radical (unpaired) electrons. The molecule has 1 N–H and O–H groups in total. The molecule has 1 fully saturated rings. The Labute approximate surface area is 118 Å². The fraction of sp³-hybridized carbons (Fsp3) is 0.462. The normalized spacial score (nSPS) is 16.8. The van der Waals surface area contributed by atoms with Crippen LogP contribution in [-0.2, 0) is 9.53 Å². The summed E-state index contributed by atoms with van der Waals surface area (Å²) in [4.78, 5) is 11.8. The number of carbonyl (C=O) groups is 1. The van der Waals surface area contributed by atoms with Crippen molar-refractivity contribution in [1.29, 1.82) is 0 Å². The Hall–Kier alpha value is -1.01. The van der Waals surface area contributed by atoms with Gasteiger partial charge in [-0.1, -0.05) is 15.9 Å². The van der Waals surface area contributed by atoms with Crippen LogP contribution in [-0.4, -0.2) is 18.6 Å². The van der Waals surface area contributed by atoms with Crippen molar-refractivity contribution < 1.29 is 18.3 Å². The van der Waals surface area contributed by atoms with Crippen molar-refractivity contribution in [3.05, 3.63) is 28.2 Å². The van der Waals surface area contributed by atoms with Crippen molar-refractivity contribution in [3.63, 3.8) is 0 Å². The van der Waals surface area contributed by atoms with Gasteiger partial charge in [0, 0.05) is 11.6 Å². The van der Waals surface area contributed by atoms with Crippen molar-refractivity contribution in [1.82, 2.24) is 0 Å². The maximum Gasteiger partial charge on any atom is 0.227 e. The second kappa shape index (κ2) is 5.54. The van der Waals surface area contributed by atoms with Gasteiger partial charge in [-0.15, -0.1) is 0 Å². The molecule has 0 bridgehead atoms. The number of hydrogen-bond donors (Lipinski definition) is 1. The van der Waals surface area contributed by atoms with Gasteiger partial charge in [-0.3, -0.25) is 4.79 Å². The molecule has 0 saturated heterocycles. The van der Waals surface area contributed by atoms with Crippen LogP contribution < -0.4 is 5.32 Å². The molecule has 2 rings (SSSR count). The van der Waals surface area contributed by atoms with E-state index < -0.39 is 28.8 Å². The summed E-state index contributed by atoms with van der Waals surface area (Å²) >= 11 is 2.98. The Morgan fingerprint density at radius 1 is 1.42 bits per heavy atom. The lowest BCUT2D eigenvalue weighted by molar-refractivity contribution is -0.129. The van der Waals surface area contributed by atoms with Crippen molar-refractivity contribution in [3.8, 4) is 0 Å². The quantitative estimate of drug-likeness (QED) is 0.913. The molecule has 104 valence electrons. The van der Waals surface area contributed by atoms with Gasteiger partial charge in [-0.2, -0.15) is 0 Å². The van der Waals surface area contributed by atoms with Crippen LogP contribution in [0.2, 0.25) is 0 Å². The van der Waals surface area contributed by atoms with Gasteiger partial charge in [-0.25, -0.2) is 8.78 Å². The third-order valence-electron chi connectivity index (χ3n) is 3.45. The van der Waals surface area contributed by atoms with Crippen LogP contribution >= 0.6 is 15.9 Å². The summed E-state index contributed by atoms with van der Waals surface area (Å²) in [5.41, 5.74) is -0.884. The highest BCUT2D eigenvalue weighted by Gasteiger charge is 2.39. The topological polar surface area (TPSA) is 38.3 Å². The Morgan fingerprint density at radius 2 is 2.00 bits per heavy atom. The fourth-order valence-electron chi connectivity index (χ4n) is 2.16. The first-order chi connectivity index (χ1) is 8.96. The maximum atomic E-state index is 13.6. The van der Waals surface area contributed by atoms with E-state index >= 15 is 0 Å². The molecule has 3 nitrogen and oxygen atoms in total. The predicted octanol–water partition coefficient (Wildman–Crippen LogP) is 3.63. The molecule has 1 saturated carbocycles. The number of ether oxygens (including phenoxy) is 1. The molecular formula is C13H14BrF2NO2. The zero-order valence-corrected chi connectivity index (χ0v) is 12.0. The average Bonchev–Trinajstić information content (AvgIpc) is 2.28. The van der Waals surface area contributed by atoms with Crippen LogP contribution in [0, 0.1) is 11.6 Å². The van der Waals surface area contributed by atoms with E-state index in [4.69, 9.17) is 4.74 Å². The molecule has 6 heteroatoms. The minimum absolute atomic E-state index is 0.110. The first-order valence-corrected chi connectivity index (χ1v) is 6.75. The zero-order chi connectivity index (χ0) is 14.0. The van der Waals surface area contributed by atoms with Gasteiger partial charge in [0.25, 0.3) is 0 Å². The standard InChI is InChI=1S/C13H14BrF2NO2/c1-19-13(3-2-4-13)7-11(18)17-12-9(15)5-8(14)6-10(12)16/h5-6H,2-4,7H2,1H3,(H,17,18). The molecule has 0 unspecified atom stereocenters. The number of anilines is 1. The predicted molar refractivity (Wildman–Crippen MR) is 70.9 cm³/mol. The number of nitrogens with one attached hydrogen (secondary N) is 1. The summed E-state index contributed by atoms with van der Waals surface area (Å²) in [6.45, 7) is 0. The summed E-state index contributed by atoms with van der Waals surface area (Å²) < 4.78 is 32.7. The molecule has 0 aliphatic heterocycles. The lowest BCUT2D eigenvalue weighted by Crippen LogP contribution is -2.42. The Balaban J connectivity index is 2.07. The number of methoxy groups -OCH3 is 1. The van der Waals surface area contributed by atoms with E-state index in [1.165, 1.54) is 0 Å². The van der Waals surface area contributed by atoms with E-state index in [1.807, 2.05) is 0 Å². The maximum absolute atomic E-state index is 13.6. The Kier molecular flexibility index (Phi) is 4.20. The summed E-state index contributed by atoms with van der Waals surface area (Å²) in [5.74, 6) is -2.05. The zero-order valence-electron chi connectivity index (χ0n) is 10.4. The molecule has 19 heavy (non-hydrogen) atoms. The second-order valence-corrected chi connectivity index (χ2v) is 5.63. The lowest BCUT2D eigenvalue weighted by atomic mass is 9.77. The number of amides is 1. The smallest absolute Gasteiger partial charge is 0.227 e. The minimum atomic E-state index is -0.805. The van der Waals surface area contributed by atoms with Crippen molar-refractivity contribution in [2.75, 3.05) is 12.4 Å². The van der Waals surface area contributed by atoms with Crippen molar-refractivity contribution >= 4 is 27.5 Å². The summed E-state index contributed by atoms with van der Waals surface area (Å²) in [7, 11) is 1.55. The number of hydrogen-bond acceptors (Lipinski definition) is 2. The van der Waals surface area contributed by atoms with Crippen LogP contribution in [0.1, 0.15) is 25.7 Å². The van der Waals surface area contributed by atoms with Crippen molar-refractivity contribution in [2.24, 2.45) is 0 Å². The summed E-state index contributed by atoms with van der Waals surface area (Å²) in [5, 5.41) is 2.27. The number of halogens is 3. The fourth-order valence-corrected chi connectivity index (χ4v) is 2.56. The second-order valence-electron chi connectivity index (χ2n) is 4.71. The highest BCUT2D eigenvalue weighted by molar-refractivity contribution is 9.10. The molecule has 1 aliphatic rings. The van der Waals surface area contributed by atoms with Gasteiger partial charge in [0.2, 0.25) is 5.91 Å². The molecule has 1 amide bonds. The monoisotopic (exact) mass is 333 g/mol. The van der Waals surface area contributed by atoms with E-state index in [1.54, 1.807) is 7.11 Å². The first kappa shape index (κ1) is 14.4. The molecule has 1 aromatic rings. The van der Waals surface area contributed by atoms with Gasteiger partial charge in [-0.05, 0) is 31.4 Å². The van der Waals surface area contributed by atoms with Crippen LogP contribution in [0.15, 0.2) is 16.6 Å². The van der Waals surface area contributed by atoms with Crippen LogP contribution in [0.3, 0.4) is 0 Å². The van der Waals surface area contributed by atoms with Gasteiger partial charge in [0.15, 0.2) is 11.6 Å². The van der Waals surface area contributed by atoms with Crippen molar-refractivity contribution in [2.45, 2.75) is 31.3 Å². The molecule has 0 atom stereocenters. The van der Waals surface area contributed by atoms with Crippen LogP contribution in [0.5, 0.6) is 0 Å². The molecule has 1 aliphatic carbocycles. The third kappa shape index (κ3) is 3.12. The summed E-state index contributed by atoms with van der Waals surface area (Å²) in [6.07, 6.45) is 2.70. The lowest BCUT2D eigenvalue weighted by Gasteiger charge is -2.39. The van der Waals surface area contributed by atoms with Gasteiger partial charge >= 0.3 is 0 Å². The molecule has 0 aromatic heterocycles. The summed E-state index contributed by atoms with van der Waals surface area (Å²) in [6, 6.07) is 2.21. The largest absolute Gasteiger partial charge is 0.378 e. The Morgan fingerprint density at radius 3 is 2.42 bits per heavy atom. The third-order valence-corrected chi connectivity index (χ3v) is 3.91. The average molecular weight is 334 g/mol. The first-order valence-electron chi connectivity index (χ1n) is 5.95. The van der Waals surface area contributed by atoms with E-state index in [9.17, 15) is 13.6 Å². The van der Waals surface area contributed by atoms with Gasteiger partial charge in [0.1, 0.15) is 5.69 Å².